The molecular weight excluding hydrogens is 336 g/mol. The van der Waals surface area contributed by atoms with Crippen molar-refractivity contribution in [2.24, 2.45) is 0 Å². The van der Waals surface area contributed by atoms with Gasteiger partial charge in [0.15, 0.2) is 12.4 Å². The van der Waals surface area contributed by atoms with Gasteiger partial charge in [-0.1, -0.05) is 18.2 Å². The molecule has 2 rings (SSSR count). The number of anilines is 2. The van der Waals surface area contributed by atoms with Crippen molar-refractivity contribution in [3.05, 3.63) is 46.9 Å². The van der Waals surface area contributed by atoms with Gasteiger partial charge in [0, 0.05) is 0 Å². The van der Waals surface area contributed by atoms with Crippen molar-refractivity contribution in [1.29, 1.82) is 0 Å². The summed E-state index contributed by atoms with van der Waals surface area (Å²) in [6.07, 6.45) is 0. The lowest BCUT2D eigenvalue weighted by atomic mass is 10.3. The summed E-state index contributed by atoms with van der Waals surface area (Å²) in [6.45, 7) is -0.148. The molecular formula is C15H15BrN2O3. The van der Waals surface area contributed by atoms with Crippen LogP contribution in [0.25, 0.3) is 0 Å². The van der Waals surface area contributed by atoms with Crippen molar-refractivity contribution < 1.29 is 14.3 Å². The number of nitrogen functional groups attached to an aromatic ring is 1. The van der Waals surface area contributed by atoms with Crippen LogP contribution in [-0.4, -0.2) is 19.6 Å². The van der Waals surface area contributed by atoms with Gasteiger partial charge in [0.05, 0.1) is 23.0 Å². The number of nitrogens with one attached hydrogen (secondary N) is 1. The second-order valence-electron chi connectivity index (χ2n) is 4.20. The first-order chi connectivity index (χ1) is 10.1. The molecule has 0 aliphatic heterocycles. The van der Waals surface area contributed by atoms with E-state index >= 15 is 0 Å². The van der Waals surface area contributed by atoms with Crippen LogP contribution in [0.15, 0.2) is 46.9 Å². The summed E-state index contributed by atoms with van der Waals surface area (Å²) in [5, 5.41) is 2.73. The van der Waals surface area contributed by atoms with Crippen LogP contribution in [0, 0.1) is 0 Å². The molecule has 21 heavy (non-hydrogen) atoms. The van der Waals surface area contributed by atoms with Gasteiger partial charge in [-0.25, -0.2) is 0 Å². The summed E-state index contributed by atoms with van der Waals surface area (Å²) in [5.41, 5.74) is 6.86. The average Bonchev–Trinajstić information content (AvgIpc) is 2.47. The molecule has 0 heterocycles. The Kier molecular flexibility index (Phi) is 5.05. The summed E-state index contributed by atoms with van der Waals surface area (Å²) in [7, 11) is 1.54. The van der Waals surface area contributed by atoms with Crippen molar-refractivity contribution in [2.75, 3.05) is 24.8 Å². The van der Waals surface area contributed by atoms with Gasteiger partial charge in [-0.2, -0.15) is 0 Å². The molecule has 0 aliphatic rings. The number of methoxy groups -OCH3 is 1. The molecule has 0 bridgehead atoms. The summed E-state index contributed by atoms with van der Waals surface area (Å²) in [4.78, 5) is 11.9. The van der Waals surface area contributed by atoms with E-state index < -0.39 is 0 Å². The molecule has 5 nitrogen and oxygen atoms in total. The van der Waals surface area contributed by atoms with Gasteiger partial charge < -0.3 is 20.5 Å². The van der Waals surface area contributed by atoms with E-state index in [9.17, 15) is 4.79 Å². The Morgan fingerprint density at radius 3 is 2.71 bits per heavy atom. The van der Waals surface area contributed by atoms with Gasteiger partial charge in [0.25, 0.3) is 5.91 Å². The van der Waals surface area contributed by atoms with Crippen molar-refractivity contribution in [3.8, 4) is 11.5 Å². The quantitative estimate of drug-likeness (QED) is 0.812. The van der Waals surface area contributed by atoms with Gasteiger partial charge in [-0.05, 0) is 40.2 Å². The average molecular weight is 351 g/mol. The molecule has 0 fully saturated rings. The fourth-order valence-corrected chi connectivity index (χ4v) is 2.25. The standard InChI is InChI=1S/C15H15BrN2O3/c1-20-13-8-3-2-7-12(13)18-14(19)9-21-15-10(16)5-4-6-11(15)17/h2-8H,9,17H2,1H3,(H,18,19). The van der Waals surface area contributed by atoms with Gasteiger partial charge in [-0.3, -0.25) is 4.79 Å². The van der Waals surface area contributed by atoms with Gasteiger partial charge in [-0.15, -0.1) is 0 Å². The fourth-order valence-electron chi connectivity index (χ4n) is 1.75. The zero-order valence-corrected chi connectivity index (χ0v) is 13.0. The number of carbonyl (C=O) groups excluding carboxylic acids is 1. The summed E-state index contributed by atoms with van der Waals surface area (Å²) >= 11 is 3.33. The highest BCUT2D eigenvalue weighted by Gasteiger charge is 2.10. The topological polar surface area (TPSA) is 73.6 Å². The highest BCUT2D eigenvalue weighted by Crippen LogP contribution is 2.31. The zero-order chi connectivity index (χ0) is 15.2. The molecule has 0 saturated heterocycles. The maximum Gasteiger partial charge on any atom is 0.262 e. The van der Waals surface area contributed by atoms with Gasteiger partial charge >= 0.3 is 0 Å². The molecule has 0 unspecified atom stereocenters. The van der Waals surface area contributed by atoms with E-state index in [0.717, 1.165) is 0 Å². The number of amides is 1. The molecule has 6 heteroatoms. The Morgan fingerprint density at radius 1 is 1.24 bits per heavy atom. The molecule has 3 N–H and O–H groups in total. The predicted octanol–water partition coefficient (Wildman–Crippen LogP) is 3.06. The molecule has 0 aromatic heterocycles. The molecule has 110 valence electrons. The van der Waals surface area contributed by atoms with E-state index in [2.05, 4.69) is 21.2 Å². The van der Waals surface area contributed by atoms with E-state index in [1.165, 1.54) is 0 Å². The van der Waals surface area contributed by atoms with Gasteiger partial charge in [0.1, 0.15) is 5.75 Å². The van der Waals surface area contributed by atoms with E-state index in [4.69, 9.17) is 15.2 Å². The maximum atomic E-state index is 11.9. The number of benzene rings is 2. The van der Waals surface area contributed by atoms with Crippen LogP contribution in [0.2, 0.25) is 0 Å². The largest absolute Gasteiger partial charge is 0.495 e. The Morgan fingerprint density at radius 2 is 2.00 bits per heavy atom. The molecule has 1 amide bonds. The molecule has 0 saturated carbocycles. The van der Waals surface area contributed by atoms with Crippen LogP contribution < -0.4 is 20.5 Å². The van der Waals surface area contributed by atoms with Crippen molar-refractivity contribution >= 4 is 33.2 Å². The van der Waals surface area contributed by atoms with Crippen molar-refractivity contribution in [1.82, 2.24) is 0 Å². The lowest BCUT2D eigenvalue weighted by molar-refractivity contribution is -0.118. The molecule has 0 radical (unpaired) electrons. The zero-order valence-electron chi connectivity index (χ0n) is 11.4. The first kappa shape index (κ1) is 15.2. The van der Waals surface area contributed by atoms with Crippen molar-refractivity contribution in [3.63, 3.8) is 0 Å². The Balaban J connectivity index is 1.99. The van der Waals surface area contributed by atoms with Crippen LogP contribution >= 0.6 is 15.9 Å². The number of carbonyl (C=O) groups is 1. The van der Waals surface area contributed by atoms with E-state index in [-0.39, 0.29) is 12.5 Å². The fraction of sp³-hybridized carbons (Fsp3) is 0.133. The molecule has 2 aromatic carbocycles. The first-order valence-corrected chi connectivity index (χ1v) is 7.00. The van der Waals surface area contributed by atoms with Gasteiger partial charge in [0.2, 0.25) is 0 Å². The third-order valence-corrected chi connectivity index (χ3v) is 3.35. The highest BCUT2D eigenvalue weighted by atomic mass is 79.9. The predicted molar refractivity (Wildman–Crippen MR) is 85.7 cm³/mol. The number of hydrogen-bond acceptors (Lipinski definition) is 4. The Hall–Kier alpha value is -2.21. The monoisotopic (exact) mass is 350 g/mol. The molecule has 0 aliphatic carbocycles. The molecule has 0 spiro atoms. The smallest absolute Gasteiger partial charge is 0.262 e. The minimum absolute atomic E-state index is 0.148. The van der Waals surface area contributed by atoms with E-state index in [1.54, 1.807) is 37.4 Å². The first-order valence-electron chi connectivity index (χ1n) is 6.21. The van der Waals surface area contributed by atoms with Crippen LogP contribution in [-0.2, 0) is 4.79 Å². The van der Waals surface area contributed by atoms with Crippen LogP contribution in [0.5, 0.6) is 11.5 Å². The lowest BCUT2D eigenvalue weighted by Gasteiger charge is -2.12. The Bertz CT molecular complexity index is 626. The van der Waals surface area contributed by atoms with Crippen LogP contribution in [0.4, 0.5) is 11.4 Å². The summed E-state index contributed by atoms with van der Waals surface area (Å²) < 4.78 is 11.3. The Labute approximate surface area is 131 Å². The number of halogens is 1. The second-order valence-corrected chi connectivity index (χ2v) is 5.05. The minimum Gasteiger partial charge on any atom is -0.495 e. The second kappa shape index (κ2) is 6.99. The number of nitrogens with two attached hydrogens (primary N) is 1. The summed E-state index contributed by atoms with van der Waals surface area (Å²) in [5.74, 6) is 0.744. The molecule has 2 aromatic rings. The number of rotatable bonds is 5. The highest BCUT2D eigenvalue weighted by molar-refractivity contribution is 9.10. The van der Waals surface area contributed by atoms with Crippen LogP contribution in [0.1, 0.15) is 0 Å². The lowest BCUT2D eigenvalue weighted by Crippen LogP contribution is -2.21. The summed E-state index contributed by atoms with van der Waals surface area (Å²) in [6, 6.07) is 12.5. The van der Waals surface area contributed by atoms with Crippen LogP contribution in [0.3, 0.4) is 0 Å². The van der Waals surface area contributed by atoms with E-state index in [0.29, 0.717) is 27.3 Å². The minimum atomic E-state index is -0.297. The number of ether oxygens (including phenoxy) is 2. The maximum absolute atomic E-state index is 11.9. The SMILES string of the molecule is COc1ccccc1NC(=O)COc1c(N)cccc1Br. The third kappa shape index (κ3) is 3.88. The van der Waals surface area contributed by atoms with Crippen molar-refractivity contribution in [2.45, 2.75) is 0 Å². The number of hydrogen-bond donors (Lipinski definition) is 2. The number of para-hydroxylation sites is 3. The third-order valence-electron chi connectivity index (χ3n) is 2.73. The molecule has 0 atom stereocenters. The van der Waals surface area contributed by atoms with E-state index in [1.807, 2.05) is 12.1 Å². The normalized spacial score (nSPS) is 10.0.